The Morgan fingerprint density at radius 1 is 1.00 bits per heavy atom. The second kappa shape index (κ2) is 9.87. The maximum atomic E-state index is 12.4. The van der Waals surface area contributed by atoms with Crippen molar-refractivity contribution >= 4 is 23.5 Å². The average molecular weight is 394 g/mol. The number of rotatable bonds is 6. The van der Waals surface area contributed by atoms with Gasteiger partial charge in [0.15, 0.2) is 6.61 Å². The molecule has 0 bridgehead atoms. The van der Waals surface area contributed by atoms with Crippen LogP contribution in [0.1, 0.15) is 35.7 Å². The maximum Gasteiger partial charge on any atom is 0.338 e. The number of nitrogens with zero attached hydrogens (tertiary/aromatic N) is 1. The normalized spacial score (nSPS) is 14.3. The summed E-state index contributed by atoms with van der Waals surface area (Å²) < 4.78 is 5.16. The smallest absolute Gasteiger partial charge is 0.338 e. The van der Waals surface area contributed by atoms with Gasteiger partial charge in [0, 0.05) is 24.7 Å². The molecule has 2 aromatic carbocycles. The molecule has 29 heavy (non-hydrogen) atoms. The van der Waals surface area contributed by atoms with E-state index in [1.54, 1.807) is 17.0 Å². The molecule has 0 aliphatic carbocycles. The summed E-state index contributed by atoms with van der Waals surface area (Å²) in [7, 11) is 0. The summed E-state index contributed by atoms with van der Waals surface area (Å²) in [5, 5.41) is 2.91. The van der Waals surface area contributed by atoms with Crippen LogP contribution < -0.4 is 5.32 Å². The van der Waals surface area contributed by atoms with Gasteiger partial charge in [0.2, 0.25) is 5.91 Å². The van der Waals surface area contributed by atoms with Gasteiger partial charge in [-0.05, 0) is 49.1 Å². The van der Waals surface area contributed by atoms with Crippen LogP contribution >= 0.6 is 0 Å². The van der Waals surface area contributed by atoms with Crippen molar-refractivity contribution < 1.29 is 19.1 Å². The minimum Gasteiger partial charge on any atom is -0.452 e. The first-order valence-corrected chi connectivity index (χ1v) is 9.96. The van der Waals surface area contributed by atoms with Crippen LogP contribution in [0.5, 0.6) is 0 Å². The predicted octanol–water partition coefficient (Wildman–Crippen LogP) is 3.28. The molecular weight excluding hydrogens is 368 g/mol. The fraction of sp³-hybridized carbons (Fsp3) is 0.348. The zero-order chi connectivity index (χ0) is 20.6. The Morgan fingerprint density at radius 3 is 2.28 bits per heavy atom. The van der Waals surface area contributed by atoms with Crippen molar-refractivity contribution in [1.82, 2.24) is 4.90 Å². The molecule has 6 heteroatoms. The zero-order valence-corrected chi connectivity index (χ0v) is 16.6. The topological polar surface area (TPSA) is 75.7 Å². The number of nitrogens with one attached hydrogen (secondary N) is 1. The summed E-state index contributed by atoms with van der Waals surface area (Å²) >= 11 is 0. The largest absolute Gasteiger partial charge is 0.452 e. The molecule has 2 aromatic rings. The molecule has 0 atom stereocenters. The SMILES string of the molecule is CCc1ccc(C(=O)OCC(=O)N2CCC(C(=O)Nc3ccccc3)CC2)cc1. The number of esters is 1. The predicted molar refractivity (Wildman–Crippen MR) is 110 cm³/mol. The maximum absolute atomic E-state index is 12.4. The average Bonchev–Trinajstić information content (AvgIpc) is 2.78. The second-order valence-electron chi connectivity index (χ2n) is 7.14. The summed E-state index contributed by atoms with van der Waals surface area (Å²) in [6.07, 6.45) is 2.08. The fourth-order valence-corrected chi connectivity index (χ4v) is 3.34. The number of anilines is 1. The van der Waals surface area contributed by atoms with E-state index in [0.717, 1.165) is 17.7 Å². The highest BCUT2D eigenvalue weighted by atomic mass is 16.5. The standard InChI is InChI=1S/C23H26N2O4/c1-2-17-8-10-19(11-9-17)23(28)29-16-21(26)25-14-12-18(13-15-25)22(27)24-20-6-4-3-5-7-20/h3-11,18H,2,12-16H2,1H3,(H,24,27). The second-order valence-corrected chi connectivity index (χ2v) is 7.14. The lowest BCUT2D eigenvalue weighted by molar-refractivity contribution is -0.137. The van der Waals surface area contributed by atoms with E-state index in [9.17, 15) is 14.4 Å². The summed E-state index contributed by atoms with van der Waals surface area (Å²) in [5.74, 6) is -0.882. The van der Waals surface area contributed by atoms with Gasteiger partial charge >= 0.3 is 5.97 Å². The van der Waals surface area contributed by atoms with Gasteiger partial charge < -0.3 is 15.0 Å². The quantitative estimate of drug-likeness (QED) is 0.763. The van der Waals surface area contributed by atoms with E-state index in [1.165, 1.54) is 0 Å². The lowest BCUT2D eigenvalue weighted by Crippen LogP contribution is -2.43. The van der Waals surface area contributed by atoms with Crippen molar-refractivity contribution in [2.75, 3.05) is 25.0 Å². The van der Waals surface area contributed by atoms with Crippen LogP contribution in [-0.4, -0.2) is 42.4 Å². The first kappa shape index (κ1) is 20.6. The highest BCUT2D eigenvalue weighted by Crippen LogP contribution is 2.20. The third-order valence-corrected chi connectivity index (χ3v) is 5.18. The minimum absolute atomic E-state index is 0.0229. The Bertz CT molecular complexity index is 841. The lowest BCUT2D eigenvalue weighted by Gasteiger charge is -2.31. The van der Waals surface area contributed by atoms with Gasteiger partial charge in [0.25, 0.3) is 5.91 Å². The highest BCUT2D eigenvalue weighted by molar-refractivity contribution is 5.93. The van der Waals surface area contributed by atoms with Crippen molar-refractivity contribution in [1.29, 1.82) is 0 Å². The van der Waals surface area contributed by atoms with Gasteiger partial charge in [0.1, 0.15) is 0 Å². The number of benzene rings is 2. The number of hydrogen-bond donors (Lipinski definition) is 1. The molecule has 1 aliphatic rings. The molecule has 1 aliphatic heterocycles. The van der Waals surface area contributed by atoms with Crippen molar-refractivity contribution in [3.8, 4) is 0 Å². The van der Waals surface area contributed by atoms with Gasteiger partial charge in [-0.3, -0.25) is 9.59 Å². The third kappa shape index (κ3) is 5.67. The van der Waals surface area contributed by atoms with Crippen LogP contribution in [0.25, 0.3) is 0 Å². The first-order valence-electron chi connectivity index (χ1n) is 9.96. The summed E-state index contributed by atoms with van der Waals surface area (Å²) in [4.78, 5) is 38.5. The van der Waals surface area contributed by atoms with Crippen LogP contribution in [0.2, 0.25) is 0 Å². The molecule has 1 heterocycles. The number of aryl methyl sites for hydroxylation is 1. The Hall–Kier alpha value is -3.15. The van der Waals surface area contributed by atoms with Crippen LogP contribution in [0.15, 0.2) is 54.6 Å². The van der Waals surface area contributed by atoms with Crippen molar-refractivity contribution in [3.63, 3.8) is 0 Å². The molecule has 0 unspecified atom stereocenters. The van der Waals surface area contributed by atoms with E-state index in [-0.39, 0.29) is 24.3 Å². The Labute approximate surface area is 170 Å². The molecular formula is C23H26N2O4. The van der Waals surface area contributed by atoms with Crippen LogP contribution in [0, 0.1) is 5.92 Å². The molecule has 0 saturated carbocycles. The van der Waals surface area contributed by atoms with E-state index in [0.29, 0.717) is 31.5 Å². The number of ether oxygens (including phenoxy) is 1. The molecule has 1 fully saturated rings. The van der Waals surface area contributed by atoms with Crippen molar-refractivity contribution in [3.05, 3.63) is 65.7 Å². The number of carbonyl (C=O) groups excluding carboxylic acids is 3. The molecule has 3 rings (SSSR count). The fourth-order valence-electron chi connectivity index (χ4n) is 3.34. The number of hydrogen-bond acceptors (Lipinski definition) is 4. The number of likely N-dealkylation sites (tertiary alicyclic amines) is 1. The highest BCUT2D eigenvalue weighted by Gasteiger charge is 2.27. The molecule has 0 radical (unpaired) electrons. The number of amides is 2. The van der Waals surface area contributed by atoms with Gasteiger partial charge in [0.05, 0.1) is 5.56 Å². The molecule has 0 aromatic heterocycles. The minimum atomic E-state index is -0.502. The summed E-state index contributed by atoms with van der Waals surface area (Å²) in [5.41, 5.74) is 2.35. The zero-order valence-electron chi connectivity index (χ0n) is 16.6. The van der Waals surface area contributed by atoms with Crippen molar-refractivity contribution in [2.24, 2.45) is 5.92 Å². The van der Waals surface area contributed by atoms with Crippen LogP contribution in [0.4, 0.5) is 5.69 Å². The molecule has 6 nitrogen and oxygen atoms in total. The van der Waals surface area contributed by atoms with E-state index in [2.05, 4.69) is 5.32 Å². The Kier molecular flexibility index (Phi) is 7.00. The third-order valence-electron chi connectivity index (χ3n) is 5.18. The lowest BCUT2D eigenvalue weighted by atomic mass is 9.95. The van der Waals surface area contributed by atoms with E-state index in [1.807, 2.05) is 49.4 Å². The van der Waals surface area contributed by atoms with Crippen LogP contribution in [0.3, 0.4) is 0 Å². The number of piperidine rings is 1. The van der Waals surface area contributed by atoms with E-state index < -0.39 is 5.97 Å². The van der Waals surface area contributed by atoms with E-state index in [4.69, 9.17) is 4.74 Å². The Morgan fingerprint density at radius 2 is 1.66 bits per heavy atom. The monoisotopic (exact) mass is 394 g/mol. The summed E-state index contributed by atoms with van der Waals surface area (Å²) in [6.45, 7) is 2.72. The molecule has 1 saturated heterocycles. The van der Waals surface area contributed by atoms with Gasteiger partial charge in [-0.25, -0.2) is 4.79 Å². The van der Waals surface area contributed by atoms with Crippen LogP contribution in [-0.2, 0) is 20.7 Å². The summed E-state index contributed by atoms with van der Waals surface area (Å²) in [6, 6.07) is 16.5. The van der Waals surface area contributed by atoms with Gasteiger partial charge in [-0.15, -0.1) is 0 Å². The molecule has 1 N–H and O–H groups in total. The van der Waals surface area contributed by atoms with Gasteiger partial charge in [-0.1, -0.05) is 37.3 Å². The molecule has 152 valence electrons. The molecule has 0 spiro atoms. The molecule has 2 amide bonds. The van der Waals surface area contributed by atoms with E-state index >= 15 is 0 Å². The number of para-hydroxylation sites is 1. The van der Waals surface area contributed by atoms with Gasteiger partial charge in [-0.2, -0.15) is 0 Å². The van der Waals surface area contributed by atoms with Crippen molar-refractivity contribution in [2.45, 2.75) is 26.2 Å². The number of carbonyl (C=O) groups is 3. The first-order chi connectivity index (χ1) is 14.1. The Balaban J connectivity index is 1.42.